The van der Waals surface area contributed by atoms with Crippen LogP contribution in [-0.2, 0) is 19.1 Å². The van der Waals surface area contributed by atoms with Gasteiger partial charge in [-0.15, -0.1) is 0 Å². The van der Waals surface area contributed by atoms with Gasteiger partial charge in [-0.05, 0) is 12.1 Å². The predicted octanol–water partition coefficient (Wildman–Crippen LogP) is 0.181. The fourth-order valence-corrected chi connectivity index (χ4v) is 3.07. The van der Waals surface area contributed by atoms with Crippen molar-refractivity contribution in [3.05, 3.63) is 24.3 Å². The van der Waals surface area contributed by atoms with E-state index in [1.54, 1.807) is 24.3 Å². The minimum absolute atomic E-state index is 0.00564. The van der Waals surface area contributed by atoms with Crippen molar-refractivity contribution in [3.8, 4) is 11.5 Å². The Kier molecular flexibility index (Phi) is 5.61. The lowest BCUT2D eigenvalue weighted by atomic mass is 10.2. The third kappa shape index (κ3) is 4.26. The molecular formula is C16H16N2O7S. The molecule has 3 amide bonds. The van der Waals surface area contributed by atoms with Crippen LogP contribution >= 0.6 is 11.8 Å². The van der Waals surface area contributed by atoms with E-state index < -0.39 is 24.6 Å². The van der Waals surface area contributed by atoms with Crippen LogP contribution in [0.5, 0.6) is 11.5 Å². The minimum Gasteiger partial charge on any atom is -0.485 e. The van der Waals surface area contributed by atoms with Crippen molar-refractivity contribution >= 4 is 34.8 Å². The molecule has 0 radical (unpaired) electrons. The van der Waals surface area contributed by atoms with Crippen LogP contribution in [0, 0.1) is 0 Å². The molecule has 0 saturated carbocycles. The van der Waals surface area contributed by atoms with E-state index in [9.17, 15) is 19.2 Å². The smallest absolute Gasteiger partial charge is 0.351 e. The van der Waals surface area contributed by atoms with Gasteiger partial charge in [0.1, 0.15) is 6.61 Å². The average Bonchev–Trinajstić information content (AvgIpc) is 2.97. The van der Waals surface area contributed by atoms with Gasteiger partial charge in [0, 0.05) is 13.1 Å². The van der Waals surface area contributed by atoms with Gasteiger partial charge in [-0.3, -0.25) is 19.3 Å². The molecule has 2 aliphatic heterocycles. The Labute approximate surface area is 152 Å². The zero-order valence-electron chi connectivity index (χ0n) is 13.6. The van der Waals surface area contributed by atoms with Gasteiger partial charge in [-0.25, -0.2) is 4.79 Å². The summed E-state index contributed by atoms with van der Waals surface area (Å²) >= 11 is 0.927. The van der Waals surface area contributed by atoms with E-state index in [4.69, 9.17) is 14.2 Å². The Morgan fingerprint density at radius 2 is 2.04 bits per heavy atom. The van der Waals surface area contributed by atoms with E-state index in [0.29, 0.717) is 11.5 Å². The molecule has 0 unspecified atom stereocenters. The van der Waals surface area contributed by atoms with Gasteiger partial charge < -0.3 is 19.5 Å². The van der Waals surface area contributed by atoms with Gasteiger partial charge in [0.05, 0.1) is 5.75 Å². The Morgan fingerprint density at radius 1 is 1.27 bits per heavy atom. The zero-order valence-corrected chi connectivity index (χ0v) is 14.5. The van der Waals surface area contributed by atoms with E-state index in [0.717, 1.165) is 16.7 Å². The van der Waals surface area contributed by atoms with E-state index in [1.807, 2.05) is 0 Å². The number of amides is 3. The van der Waals surface area contributed by atoms with E-state index >= 15 is 0 Å². The molecule has 0 aliphatic carbocycles. The topological polar surface area (TPSA) is 111 Å². The van der Waals surface area contributed by atoms with Gasteiger partial charge in [0.15, 0.2) is 18.1 Å². The number of carbonyl (C=O) groups is 4. The molecule has 2 aliphatic rings. The number of hydrogen-bond acceptors (Lipinski definition) is 8. The van der Waals surface area contributed by atoms with Crippen molar-refractivity contribution in [2.75, 3.05) is 32.1 Å². The number of nitrogens with zero attached hydrogens (tertiary/aromatic N) is 1. The average molecular weight is 380 g/mol. The molecule has 26 heavy (non-hydrogen) atoms. The van der Waals surface area contributed by atoms with Gasteiger partial charge in [0.25, 0.3) is 11.1 Å². The molecule has 1 aromatic rings. The van der Waals surface area contributed by atoms with Crippen LogP contribution in [-0.4, -0.2) is 66.1 Å². The van der Waals surface area contributed by atoms with Crippen molar-refractivity contribution in [1.29, 1.82) is 0 Å². The molecule has 1 atom stereocenters. The summed E-state index contributed by atoms with van der Waals surface area (Å²) in [4.78, 5) is 47.6. The highest BCUT2D eigenvalue weighted by molar-refractivity contribution is 8.14. The lowest BCUT2D eigenvalue weighted by Crippen LogP contribution is -2.41. The summed E-state index contributed by atoms with van der Waals surface area (Å²) in [6.45, 7) is -0.323. The van der Waals surface area contributed by atoms with Crippen LogP contribution in [0.15, 0.2) is 24.3 Å². The highest BCUT2D eigenvalue weighted by Crippen LogP contribution is 2.31. The third-order valence-electron chi connectivity index (χ3n) is 3.62. The molecule has 2 heterocycles. The van der Waals surface area contributed by atoms with Gasteiger partial charge in [-0.1, -0.05) is 23.9 Å². The Hall–Kier alpha value is -2.75. The molecule has 0 bridgehead atoms. The van der Waals surface area contributed by atoms with Crippen LogP contribution in [0.2, 0.25) is 0 Å². The Bertz CT molecular complexity index is 723. The summed E-state index contributed by atoms with van der Waals surface area (Å²) in [6, 6.07) is 6.92. The molecule has 1 saturated heterocycles. The molecule has 0 spiro atoms. The largest absolute Gasteiger partial charge is 0.485 e. The molecule has 1 fully saturated rings. The Morgan fingerprint density at radius 3 is 2.77 bits per heavy atom. The van der Waals surface area contributed by atoms with Crippen LogP contribution in [0.25, 0.3) is 0 Å². The number of ether oxygens (including phenoxy) is 3. The number of benzene rings is 1. The number of thioether (sulfide) groups is 1. The second-order valence-corrected chi connectivity index (χ2v) is 6.35. The summed E-state index contributed by atoms with van der Waals surface area (Å²) in [5, 5.41) is 2.15. The van der Waals surface area contributed by atoms with Crippen LogP contribution in [0.1, 0.15) is 0 Å². The van der Waals surface area contributed by atoms with Crippen LogP contribution in [0.3, 0.4) is 0 Å². The first kappa shape index (κ1) is 18.1. The van der Waals surface area contributed by atoms with Gasteiger partial charge in [0.2, 0.25) is 12.0 Å². The summed E-state index contributed by atoms with van der Waals surface area (Å²) in [6.07, 6.45) is -0.949. The fraction of sp³-hybridized carbons (Fsp3) is 0.375. The lowest BCUT2D eigenvalue weighted by Gasteiger charge is -2.24. The van der Waals surface area contributed by atoms with Crippen molar-refractivity contribution in [2.24, 2.45) is 0 Å². The number of imide groups is 1. The SMILES string of the molecule is O=C(COC(=O)[C@@H]1COc2ccccc2O1)NCCN1C(=O)CSC1=O. The summed E-state index contributed by atoms with van der Waals surface area (Å²) < 4.78 is 15.8. The van der Waals surface area contributed by atoms with Crippen LogP contribution < -0.4 is 14.8 Å². The van der Waals surface area contributed by atoms with Crippen LogP contribution in [0.4, 0.5) is 4.79 Å². The Balaban J connectivity index is 1.37. The van der Waals surface area contributed by atoms with E-state index in [2.05, 4.69) is 5.32 Å². The van der Waals surface area contributed by atoms with Crippen molar-refractivity contribution < 1.29 is 33.4 Å². The molecule has 1 aromatic carbocycles. The molecule has 138 valence electrons. The monoisotopic (exact) mass is 380 g/mol. The summed E-state index contributed by atoms with van der Waals surface area (Å²) in [5.74, 6) is -0.438. The predicted molar refractivity (Wildman–Crippen MR) is 89.9 cm³/mol. The number of fused-ring (bicyclic) bond motifs is 1. The zero-order chi connectivity index (χ0) is 18.5. The maximum Gasteiger partial charge on any atom is 0.351 e. The van der Waals surface area contributed by atoms with Crippen molar-refractivity contribution in [2.45, 2.75) is 6.10 Å². The van der Waals surface area contributed by atoms with Gasteiger partial charge in [-0.2, -0.15) is 0 Å². The maximum absolute atomic E-state index is 12.0. The van der Waals surface area contributed by atoms with Gasteiger partial charge >= 0.3 is 5.97 Å². The second kappa shape index (κ2) is 8.09. The lowest BCUT2D eigenvalue weighted by molar-refractivity contribution is -0.157. The number of rotatable bonds is 6. The molecular weight excluding hydrogens is 364 g/mol. The van der Waals surface area contributed by atoms with Crippen molar-refractivity contribution in [3.63, 3.8) is 0 Å². The van der Waals surface area contributed by atoms with E-state index in [1.165, 1.54) is 0 Å². The number of hydrogen-bond donors (Lipinski definition) is 1. The maximum atomic E-state index is 12.0. The first-order valence-corrected chi connectivity index (χ1v) is 8.82. The normalized spacial score (nSPS) is 18.6. The first-order valence-electron chi connectivity index (χ1n) is 7.83. The summed E-state index contributed by atoms with van der Waals surface area (Å²) in [5.41, 5.74) is 0. The van der Waals surface area contributed by atoms with E-state index in [-0.39, 0.29) is 36.6 Å². The highest BCUT2D eigenvalue weighted by atomic mass is 32.2. The molecule has 3 rings (SSSR count). The third-order valence-corrected chi connectivity index (χ3v) is 4.47. The molecule has 0 aromatic heterocycles. The highest BCUT2D eigenvalue weighted by Gasteiger charge is 2.30. The number of nitrogens with one attached hydrogen (secondary N) is 1. The minimum atomic E-state index is -0.949. The summed E-state index contributed by atoms with van der Waals surface area (Å²) in [7, 11) is 0. The number of carbonyl (C=O) groups excluding carboxylic acids is 4. The second-order valence-electron chi connectivity index (χ2n) is 5.42. The molecule has 9 nitrogen and oxygen atoms in total. The quantitative estimate of drug-likeness (QED) is 0.696. The number of esters is 1. The molecule has 1 N–H and O–H groups in total. The number of para-hydroxylation sites is 2. The van der Waals surface area contributed by atoms with Crippen molar-refractivity contribution in [1.82, 2.24) is 10.2 Å². The fourth-order valence-electron chi connectivity index (χ4n) is 2.32. The molecule has 10 heteroatoms. The first-order chi connectivity index (χ1) is 12.5. The standard InChI is InChI=1S/C16H16N2O7S/c19-13(17-5-6-18-14(20)9-26-16(18)22)8-24-15(21)12-7-23-10-3-1-2-4-11(10)25-12/h1-4,12H,5-9H2,(H,17,19)/t12-/m0/s1.